The van der Waals surface area contributed by atoms with Gasteiger partial charge in [0.1, 0.15) is 11.2 Å². The second kappa shape index (κ2) is 16.6. The Morgan fingerprint density at radius 3 is 1.09 bits per heavy atom. The summed E-state index contributed by atoms with van der Waals surface area (Å²) in [4.78, 5) is 60.8. The Balaban J connectivity index is 0. The van der Waals surface area contributed by atoms with Crippen LogP contribution in [-0.2, 0) is 29.1 Å². The number of carbonyl (C=O) groups is 4. The second-order valence-electron chi connectivity index (χ2n) is 8.99. The van der Waals surface area contributed by atoms with E-state index in [0.29, 0.717) is 12.8 Å². The molecule has 0 spiro atoms. The van der Waals surface area contributed by atoms with Crippen molar-refractivity contribution in [2.24, 2.45) is 0 Å². The van der Waals surface area contributed by atoms with Crippen LogP contribution in [0.2, 0.25) is 0 Å². The normalized spacial score (nSPS) is 10.6. The van der Waals surface area contributed by atoms with Crippen LogP contribution >= 0.6 is 0 Å². The topological polar surface area (TPSA) is 146 Å². The zero-order chi connectivity index (χ0) is 26.9. The molecule has 1 aromatic rings. The maximum Gasteiger partial charge on any atom is 0.342 e. The Hall–Kier alpha value is -2.98. The number of aromatic carboxylic acids is 2. The standard InChI is InChI=1S/C8H6O4.2C8H16O3/c9-7(10)5-1-2-6(4-3-5)8(11)12;2*1-5-6-7(9)10-11-8(2,3)4/h1-4H,(H,9,10)(H,11,12);2*5-6H2,1-4H3. The van der Waals surface area contributed by atoms with Gasteiger partial charge in [-0.2, -0.15) is 9.78 Å². The molecule has 0 heterocycles. The summed E-state index contributed by atoms with van der Waals surface area (Å²) in [6.07, 6.45) is 2.39. The molecule has 0 saturated heterocycles. The van der Waals surface area contributed by atoms with E-state index in [0.717, 1.165) is 12.8 Å². The third-order valence-electron chi connectivity index (χ3n) is 3.06. The summed E-state index contributed by atoms with van der Waals surface area (Å²) in [5, 5.41) is 16.9. The molecule has 0 saturated carbocycles. The van der Waals surface area contributed by atoms with E-state index in [2.05, 4.69) is 9.78 Å². The van der Waals surface area contributed by atoms with E-state index in [4.69, 9.17) is 20.0 Å². The fraction of sp³-hybridized carbons (Fsp3) is 0.583. The van der Waals surface area contributed by atoms with Crippen molar-refractivity contribution in [2.45, 2.75) is 92.3 Å². The molecule has 10 nitrogen and oxygen atoms in total. The van der Waals surface area contributed by atoms with Crippen LogP contribution in [0.1, 0.15) is 102 Å². The van der Waals surface area contributed by atoms with Crippen LogP contribution in [0.15, 0.2) is 24.3 Å². The van der Waals surface area contributed by atoms with Crippen LogP contribution in [0.5, 0.6) is 0 Å². The first-order chi connectivity index (χ1) is 15.5. The highest BCUT2D eigenvalue weighted by atomic mass is 17.2. The smallest absolute Gasteiger partial charge is 0.342 e. The molecule has 10 heteroatoms. The third kappa shape index (κ3) is 20.9. The fourth-order valence-electron chi connectivity index (χ4n) is 1.59. The minimum absolute atomic E-state index is 0.0833. The zero-order valence-corrected chi connectivity index (χ0v) is 21.3. The van der Waals surface area contributed by atoms with E-state index >= 15 is 0 Å². The molecular weight excluding hydrogens is 448 g/mol. The second-order valence-corrected chi connectivity index (χ2v) is 8.99. The number of carboxylic acids is 2. The van der Waals surface area contributed by atoms with Crippen LogP contribution in [-0.4, -0.2) is 45.3 Å². The van der Waals surface area contributed by atoms with E-state index in [-0.39, 0.29) is 23.1 Å². The first kappa shape index (κ1) is 33.2. The molecule has 0 bridgehead atoms. The van der Waals surface area contributed by atoms with Crippen LogP contribution in [0, 0.1) is 0 Å². The molecule has 1 aromatic carbocycles. The van der Waals surface area contributed by atoms with Gasteiger partial charge in [0.25, 0.3) is 0 Å². The Bertz CT molecular complexity index is 690. The van der Waals surface area contributed by atoms with Crippen molar-refractivity contribution in [3.63, 3.8) is 0 Å². The molecule has 0 aliphatic heterocycles. The fourth-order valence-corrected chi connectivity index (χ4v) is 1.59. The van der Waals surface area contributed by atoms with E-state index in [1.165, 1.54) is 24.3 Å². The number of rotatable bonds is 8. The average molecular weight is 487 g/mol. The minimum atomic E-state index is -1.06. The highest BCUT2D eigenvalue weighted by Gasteiger charge is 2.15. The first-order valence-corrected chi connectivity index (χ1v) is 10.9. The number of hydrogen-bond acceptors (Lipinski definition) is 8. The minimum Gasteiger partial charge on any atom is -0.478 e. The molecule has 0 aliphatic rings. The first-order valence-electron chi connectivity index (χ1n) is 10.9. The molecule has 1 rings (SSSR count). The summed E-state index contributed by atoms with van der Waals surface area (Å²) in [6, 6.07) is 5.02. The van der Waals surface area contributed by atoms with Gasteiger partial charge >= 0.3 is 23.9 Å². The summed E-state index contributed by atoms with van der Waals surface area (Å²) < 4.78 is 0. The summed E-state index contributed by atoms with van der Waals surface area (Å²) >= 11 is 0. The molecule has 0 unspecified atom stereocenters. The van der Waals surface area contributed by atoms with E-state index in [1.54, 1.807) is 0 Å². The van der Waals surface area contributed by atoms with Gasteiger partial charge in [-0.15, -0.1) is 0 Å². The van der Waals surface area contributed by atoms with Crippen molar-refractivity contribution in [2.75, 3.05) is 0 Å². The van der Waals surface area contributed by atoms with Crippen LogP contribution in [0.4, 0.5) is 0 Å². The molecule has 0 fully saturated rings. The third-order valence-corrected chi connectivity index (χ3v) is 3.06. The molecule has 0 aromatic heterocycles. The lowest BCUT2D eigenvalue weighted by molar-refractivity contribution is -0.320. The van der Waals surface area contributed by atoms with Crippen molar-refractivity contribution >= 4 is 23.9 Å². The van der Waals surface area contributed by atoms with Crippen molar-refractivity contribution in [1.82, 2.24) is 0 Å². The van der Waals surface area contributed by atoms with E-state index < -0.39 is 23.1 Å². The van der Waals surface area contributed by atoms with Crippen LogP contribution < -0.4 is 0 Å². The van der Waals surface area contributed by atoms with Crippen molar-refractivity contribution < 1.29 is 48.9 Å². The Kier molecular flexibility index (Phi) is 16.2. The molecule has 34 heavy (non-hydrogen) atoms. The lowest BCUT2D eigenvalue weighted by Crippen LogP contribution is -2.21. The molecule has 0 aliphatic carbocycles. The number of carboxylic acid groups (broad SMARTS) is 2. The highest BCUT2D eigenvalue weighted by Crippen LogP contribution is 2.08. The van der Waals surface area contributed by atoms with Gasteiger partial charge < -0.3 is 10.2 Å². The monoisotopic (exact) mass is 486 g/mol. The average Bonchev–Trinajstić information content (AvgIpc) is 2.71. The molecule has 0 radical (unpaired) electrons. The quantitative estimate of drug-likeness (QED) is 0.371. The van der Waals surface area contributed by atoms with Gasteiger partial charge in [-0.25, -0.2) is 19.2 Å². The number of benzene rings is 1. The summed E-state index contributed by atoms with van der Waals surface area (Å²) in [7, 11) is 0. The predicted octanol–water partition coefficient (Wildman–Crippen LogP) is 5.20. The molecular formula is C24H38O10. The van der Waals surface area contributed by atoms with Crippen LogP contribution in [0.3, 0.4) is 0 Å². The van der Waals surface area contributed by atoms with Crippen molar-refractivity contribution in [3.05, 3.63) is 35.4 Å². The number of hydrogen-bond donors (Lipinski definition) is 2. The molecule has 0 atom stereocenters. The van der Waals surface area contributed by atoms with E-state index in [1.807, 2.05) is 55.4 Å². The molecule has 0 amide bonds. The van der Waals surface area contributed by atoms with Gasteiger partial charge in [-0.1, -0.05) is 13.8 Å². The maximum atomic E-state index is 10.7. The van der Waals surface area contributed by atoms with Gasteiger partial charge in [-0.3, -0.25) is 9.78 Å². The van der Waals surface area contributed by atoms with Crippen LogP contribution in [0.25, 0.3) is 0 Å². The van der Waals surface area contributed by atoms with E-state index in [9.17, 15) is 19.2 Å². The lowest BCUT2D eigenvalue weighted by atomic mass is 10.1. The zero-order valence-electron chi connectivity index (χ0n) is 21.3. The molecule has 194 valence electrons. The predicted molar refractivity (Wildman–Crippen MR) is 124 cm³/mol. The Morgan fingerprint density at radius 2 is 0.912 bits per heavy atom. The largest absolute Gasteiger partial charge is 0.478 e. The lowest BCUT2D eigenvalue weighted by Gasteiger charge is -2.16. The summed E-state index contributed by atoms with van der Waals surface area (Å²) in [5.74, 6) is -2.73. The SMILES string of the molecule is CCCC(=O)OOC(C)(C)C.CCCC(=O)OOC(C)(C)C.O=C(O)c1ccc(C(=O)O)cc1. The van der Waals surface area contributed by atoms with Crippen molar-refractivity contribution in [1.29, 1.82) is 0 Å². The number of carbonyl (C=O) groups excluding carboxylic acids is 2. The molecule has 2 N–H and O–H groups in total. The summed E-state index contributed by atoms with van der Waals surface area (Å²) in [6.45, 7) is 14.8. The summed E-state index contributed by atoms with van der Waals surface area (Å²) in [5.41, 5.74) is -0.660. The highest BCUT2D eigenvalue weighted by molar-refractivity contribution is 5.91. The van der Waals surface area contributed by atoms with Gasteiger partial charge in [0.15, 0.2) is 0 Å². The van der Waals surface area contributed by atoms with Crippen molar-refractivity contribution in [3.8, 4) is 0 Å². The van der Waals surface area contributed by atoms with Gasteiger partial charge in [0.05, 0.1) is 11.1 Å². The Morgan fingerprint density at radius 1 is 0.647 bits per heavy atom. The van der Waals surface area contributed by atoms with Gasteiger partial charge in [0.2, 0.25) is 0 Å². The van der Waals surface area contributed by atoms with Gasteiger partial charge in [0, 0.05) is 12.8 Å². The van der Waals surface area contributed by atoms with Gasteiger partial charge in [-0.05, 0) is 78.6 Å². The Labute approximate surface area is 201 Å². The maximum absolute atomic E-state index is 10.7.